The van der Waals surface area contributed by atoms with E-state index in [-0.39, 0.29) is 23.7 Å². The topological polar surface area (TPSA) is 79.0 Å². The highest BCUT2D eigenvalue weighted by Crippen LogP contribution is 2.39. The first-order chi connectivity index (χ1) is 10.2. The number of likely N-dealkylation sites (tertiary alicyclic amines) is 1. The molecule has 4 N–H and O–H groups in total. The minimum Gasteiger partial charge on any atom is -0.504 e. The van der Waals surface area contributed by atoms with E-state index in [9.17, 15) is 10.2 Å². The number of nitrogens with two attached hydrogens (primary N) is 1. The van der Waals surface area contributed by atoms with E-state index >= 15 is 0 Å². The molecule has 0 aliphatic carbocycles. The Kier molecular flexibility index (Phi) is 4.33. The Labute approximate surface area is 125 Å². The summed E-state index contributed by atoms with van der Waals surface area (Å²) in [4.78, 5) is 2.42. The van der Waals surface area contributed by atoms with Crippen LogP contribution in [0.4, 0.5) is 0 Å². The fourth-order valence-electron chi connectivity index (χ4n) is 3.46. The van der Waals surface area contributed by atoms with E-state index in [0.717, 1.165) is 30.8 Å². The maximum Gasteiger partial charge on any atom is 0.161 e. The molecule has 1 saturated heterocycles. The van der Waals surface area contributed by atoms with Crippen LogP contribution in [-0.2, 0) is 11.2 Å². The number of benzene rings is 1. The zero-order valence-corrected chi connectivity index (χ0v) is 12.3. The summed E-state index contributed by atoms with van der Waals surface area (Å²) in [7, 11) is 0. The lowest BCUT2D eigenvalue weighted by Gasteiger charge is -2.36. The predicted molar refractivity (Wildman–Crippen MR) is 80.4 cm³/mol. The number of hydrogen-bond donors (Lipinski definition) is 3. The average Bonchev–Trinajstić information content (AvgIpc) is 2.51. The number of phenolic OH excluding ortho intramolecular Hbond substituents is 2. The number of rotatable bonds is 3. The highest BCUT2D eigenvalue weighted by molar-refractivity contribution is 5.51. The van der Waals surface area contributed by atoms with Crippen molar-refractivity contribution in [2.24, 2.45) is 5.73 Å². The number of aromatic hydroxyl groups is 2. The van der Waals surface area contributed by atoms with Crippen molar-refractivity contribution in [1.29, 1.82) is 0 Å². The smallest absolute Gasteiger partial charge is 0.161 e. The molecule has 1 fully saturated rings. The SMILES string of the molecule is NCC1OC(CN2CCCCC2)Cc2c1ccc(O)c2O. The standard InChI is InChI=1S/C16H24N2O3/c17-9-15-12-4-5-14(19)16(20)13(12)8-11(21-15)10-18-6-2-1-3-7-18/h4-5,11,15,19-20H,1-3,6-10,17H2. The Bertz CT molecular complexity index is 501. The Morgan fingerprint density at radius 3 is 2.67 bits per heavy atom. The van der Waals surface area contributed by atoms with Gasteiger partial charge in [-0.3, -0.25) is 0 Å². The molecule has 5 nitrogen and oxygen atoms in total. The van der Waals surface area contributed by atoms with Gasteiger partial charge in [-0.2, -0.15) is 0 Å². The van der Waals surface area contributed by atoms with Crippen molar-refractivity contribution in [3.05, 3.63) is 23.3 Å². The van der Waals surface area contributed by atoms with Crippen LogP contribution < -0.4 is 5.73 Å². The summed E-state index contributed by atoms with van der Waals surface area (Å²) in [5.41, 5.74) is 7.51. The Morgan fingerprint density at radius 1 is 1.19 bits per heavy atom. The second-order valence-corrected chi connectivity index (χ2v) is 6.05. The van der Waals surface area contributed by atoms with Crippen molar-refractivity contribution < 1.29 is 14.9 Å². The molecule has 1 aromatic carbocycles. The molecule has 1 aromatic rings. The van der Waals surface area contributed by atoms with E-state index in [0.29, 0.717) is 13.0 Å². The second kappa shape index (κ2) is 6.22. The van der Waals surface area contributed by atoms with Crippen LogP contribution in [0, 0.1) is 0 Å². The average molecular weight is 292 g/mol. The number of phenols is 2. The van der Waals surface area contributed by atoms with Crippen LogP contribution in [-0.4, -0.2) is 47.4 Å². The van der Waals surface area contributed by atoms with Crippen molar-refractivity contribution in [2.75, 3.05) is 26.2 Å². The van der Waals surface area contributed by atoms with Gasteiger partial charge in [0.2, 0.25) is 0 Å². The molecule has 2 aliphatic heterocycles. The molecular weight excluding hydrogens is 268 g/mol. The number of fused-ring (bicyclic) bond motifs is 1. The molecule has 2 atom stereocenters. The van der Waals surface area contributed by atoms with E-state index in [1.165, 1.54) is 25.3 Å². The van der Waals surface area contributed by atoms with E-state index in [4.69, 9.17) is 10.5 Å². The van der Waals surface area contributed by atoms with Gasteiger partial charge in [0.1, 0.15) is 0 Å². The monoisotopic (exact) mass is 292 g/mol. The fraction of sp³-hybridized carbons (Fsp3) is 0.625. The lowest BCUT2D eigenvalue weighted by molar-refractivity contribution is -0.0395. The molecule has 2 aliphatic rings. The molecule has 2 heterocycles. The Morgan fingerprint density at radius 2 is 1.95 bits per heavy atom. The summed E-state index contributed by atoms with van der Waals surface area (Å²) >= 11 is 0. The van der Waals surface area contributed by atoms with Gasteiger partial charge in [-0.25, -0.2) is 0 Å². The van der Waals surface area contributed by atoms with Gasteiger partial charge in [0.05, 0.1) is 12.2 Å². The molecule has 0 bridgehead atoms. The molecular formula is C16H24N2O3. The largest absolute Gasteiger partial charge is 0.504 e. The first-order valence-corrected chi connectivity index (χ1v) is 7.80. The number of piperidine rings is 1. The van der Waals surface area contributed by atoms with E-state index in [1.54, 1.807) is 6.07 Å². The molecule has 2 unspecified atom stereocenters. The third-order valence-electron chi connectivity index (χ3n) is 4.56. The minimum absolute atomic E-state index is 0.0158. The third kappa shape index (κ3) is 3.00. The molecule has 0 amide bonds. The van der Waals surface area contributed by atoms with E-state index in [2.05, 4.69) is 4.90 Å². The quantitative estimate of drug-likeness (QED) is 0.736. The molecule has 3 rings (SSSR count). The lowest BCUT2D eigenvalue weighted by atomic mass is 9.92. The van der Waals surface area contributed by atoms with Gasteiger partial charge in [-0.1, -0.05) is 12.5 Å². The highest BCUT2D eigenvalue weighted by Gasteiger charge is 2.31. The van der Waals surface area contributed by atoms with Gasteiger partial charge in [-0.15, -0.1) is 0 Å². The van der Waals surface area contributed by atoms with Crippen LogP contribution in [0.5, 0.6) is 11.5 Å². The number of hydrogen-bond acceptors (Lipinski definition) is 5. The van der Waals surface area contributed by atoms with Crippen molar-refractivity contribution in [1.82, 2.24) is 4.90 Å². The molecule has 0 saturated carbocycles. The highest BCUT2D eigenvalue weighted by atomic mass is 16.5. The molecule has 116 valence electrons. The van der Waals surface area contributed by atoms with E-state index in [1.807, 2.05) is 0 Å². The summed E-state index contributed by atoms with van der Waals surface area (Å²) in [6, 6.07) is 3.31. The van der Waals surface area contributed by atoms with Gasteiger partial charge in [0.25, 0.3) is 0 Å². The maximum atomic E-state index is 10.1. The first kappa shape index (κ1) is 14.6. The third-order valence-corrected chi connectivity index (χ3v) is 4.56. The zero-order chi connectivity index (χ0) is 14.8. The van der Waals surface area contributed by atoms with Crippen LogP contribution in [0.15, 0.2) is 12.1 Å². The molecule has 0 spiro atoms. The van der Waals surface area contributed by atoms with Gasteiger partial charge in [-0.05, 0) is 37.6 Å². The maximum absolute atomic E-state index is 10.1. The summed E-state index contributed by atoms with van der Waals surface area (Å²) in [5.74, 6) is -0.0824. The molecule has 0 aromatic heterocycles. The van der Waals surface area contributed by atoms with E-state index < -0.39 is 0 Å². The van der Waals surface area contributed by atoms with Gasteiger partial charge in [0.15, 0.2) is 11.5 Å². The molecule has 0 radical (unpaired) electrons. The number of ether oxygens (including phenoxy) is 1. The first-order valence-electron chi connectivity index (χ1n) is 7.80. The normalized spacial score (nSPS) is 26.5. The predicted octanol–water partition coefficient (Wildman–Crippen LogP) is 1.52. The van der Waals surface area contributed by atoms with Crippen molar-refractivity contribution in [3.8, 4) is 11.5 Å². The summed E-state index contributed by atoms with van der Waals surface area (Å²) in [6.45, 7) is 3.48. The zero-order valence-electron chi connectivity index (χ0n) is 12.3. The summed E-state index contributed by atoms with van der Waals surface area (Å²) in [5, 5.41) is 19.8. The Balaban J connectivity index is 1.78. The van der Waals surface area contributed by atoms with Gasteiger partial charge < -0.3 is 25.6 Å². The van der Waals surface area contributed by atoms with Gasteiger partial charge >= 0.3 is 0 Å². The second-order valence-electron chi connectivity index (χ2n) is 6.05. The number of nitrogens with zero attached hydrogens (tertiary/aromatic N) is 1. The van der Waals surface area contributed by atoms with Crippen LogP contribution in [0.2, 0.25) is 0 Å². The van der Waals surface area contributed by atoms with Crippen LogP contribution >= 0.6 is 0 Å². The van der Waals surface area contributed by atoms with Crippen molar-refractivity contribution >= 4 is 0 Å². The molecule has 5 heteroatoms. The van der Waals surface area contributed by atoms with Crippen LogP contribution in [0.25, 0.3) is 0 Å². The Hall–Kier alpha value is -1.30. The van der Waals surface area contributed by atoms with Gasteiger partial charge in [0, 0.05) is 25.1 Å². The van der Waals surface area contributed by atoms with Crippen molar-refractivity contribution in [2.45, 2.75) is 37.9 Å². The van der Waals surface area contributed by atoms with Crippen molar-refractivity contribution in [3.63, 3.8) is 0 Å². The minimum atomic E-state index is -0.199. The van der Waals surface area contributed by atoms with Crippen LogP contribution in [0.3, 0.4) is 0 Å². The summed E-state index contributed by atoms with van der Waals surface area (Å²) < 4.78 is 6.10. The molecule has 21 heavy (non-hydrogen) atoms. The summed E-state index contributed by atoms with van der Waals surface area (Å²) in [6.07, 6.45) is 4.26. The van der Waals surface area contributed by atoms with Crippen LogP contribution in [0.1, 0.15) is 36.5 Å². The fourth-order valence-corrected chi connectivity index (χ4v) is 3.46. The lowest BCUT2D eigenvalue weighted by Crippen LogP contribution is -2.41.